The third-order valence-electron chi connectivity index (χ3n) is 3.36. The molecule has 0 radical (unpaired) electrons. The first-order chi connectivity index (χ1) is 10.8. The number of rotatable bonds is 10. The minimum atomic E-state index is -0.947. The monoisotopic (exact) mass is 348 g/mol. The SMILES string of the molecule is C[C@@H]1C(=O)O[C@H]1C[C@H](Cl)OC(=O)[C@H](CCCN=C(N)N)NC=O. The summed E-state index contributed by atoms with van der Waals surface area (Å²) in [4.78, 5) is 37.3. The molecule has 0 unspecified atom stereocenters. The van der Waals surface area contributed by atoms with Gasteiger partial charge in [0.1, 0.15) is 12.1 Å². The van der Waals surface area contributed by atoms with Gasteiger partial charge in [0.15, 0.2) is 11.5 Å². The lowest BCUT2D eigenvalue weighted by Crippen LogP contribution is -2.45. The third kappa shape index (κ3) is 6.31. The fraction of sp³-hybridized carbons (Fsp3) is 0.692. The van der Waals surface area contributed by atoms with Crippen molar-refractivity contribution in [2.45, 2.75) is 43.9 Å². The van der Waals surface area contributed by atoms with Crippen LogP contribution < -0.4 is 16.8 Å². The van der Waals surface area contributed by atoms with Crippen molar-refractivity contribution in [1.82, 2.24) is 5.32 Å². The van der Waals surface area contributed by atoms with Crippen LogP contribution in [0.4, 0.5) is 0 Å². The first-order valence-corrected chi connectivity index (χ1v) is 7.59. The van der Waals surface area contributed by atoms with E-state index in [1.165, 1.54) is 0 Å². The Balaban J connectivity index is 2.38. The highest BCUT2D eigenvalue weighted by Gasteiger charge is 2.40. The van der Waals surface area contributed by atoms with Crippen LogP contribution in [0.1, 0.15) is 26.2 Å². The summed E-state index contributed by atoms with van der Waals surface area (Å²) in [5.41, 5.74) is 9.43. The second-order valence-electron chi connectivity index (χ2n) is 5.13. The third-order valence-corrected chi connectivity index (χ3v) is 3.62. The van der Waals surface area contributed by atoms with Crippen molar-refractivity contribution in [3.63, 3.8) is 0 Å². The second kappa shape index (κ2) is 9.19. The highest BCUT2D eigenvalue weighted by molar-refractivity contribution is 6.20. The molecule has 1 aliphatic heterocycles. The molecule has 0 aromatic carbocycles. The lowest BCUT2D eigenvalue weighted by molar-refractivity contribution is -0.185. The van der Waals surface area contributed by atoms with Crippen molar-refractivity contribution in [3.8, 4) is 0 Å². The fourth-order valence-electron chi connectivity index (χ4n) is 1.98. The molecule has 0 saturated carbocycles. The van der Waals surface area contributed by atoms with Gasteiger partial charge >= 0.3 is 11.9 Å². The molecule has 0 aromatic rings. The molecule has 5 N–H and O–H groups in total. The largest absolute Gasteiger partial charge is 0.461 e. The average Bonchev–Trinajstić information content (AvgIpc) is 2.49. The summed E-state index contributed by atoms with van der Waals surface area (Å²) < 4.78 is 9.95. The van der Waals surface area contributed by atoms with Gasteiger partial charge in [-0.2, -0.15) is 0 Å². The zero-order valence-electron chi connectivity index (χ0n) is 12.7. The van der Waals surface area contributed by atoms with E-state index in [4.69, 9.17) is 32.5 Å². The zero-order valence-corrected chi connectivity index (χ0v) is 13.5. The number of halogens is 1. The van der Waals surface area contributed by atoms with E-state index in [0.717, 1.165) is 0 Å². The number of amides is 1. The number of nitrogens with one attached hydrogen (secondary N) is 1. The van der Waals surface area contributed by atoms with Crippen molar-refractivity contribution in [1.29, 1.82) is 0 Å². The Morgan fingerprint density at radius 2 is 2.26 bits per heavy atom. The Kier molecular flexibility index (Phi) is 7.60. The number of hydrogen-bond donors (Lipinski definition) is 3. The molecule has 0 spiro atoms. The lowest BCUT2D eigenvalue weighted by Gasteiger charge is -2.33. The number of aliphatic imine (C=N–C) groups is 1. The van der Waals surface area contributed by atoms with Gasteiger partial charge in [-0.1, -0.05) is 11.6 Å². The van der Waals surface area contributed by atoms with Crippen LogP contribution in [0.5, 0.6) is 0 Å². The molecule has 1 heterocycles. The van der Waals surface area contributed by atoms with Gasteiger partial charge in [-0.15, -0.1) is 0 Å². The normalized spacial score (nSPS) is 22.1. The fourth-order valence-corrected chi connectivity index (χ4v) is 2.25. The average molecular weight is 349 g/mol. The number of hydrogen-bond acceptors (Lipinski definition) is 6. The highest BCUT2D eigenvalue weighted by Crippen LogP contribution is 2.27. The van der Waals surface area contributed by atoms with E-state index in [-0.39, 0.29) is 30.4 Å². The maximum Gasteiger partial charge on any atom is 0.330 e. The Labute approximate surface area is 138 Å². The van der Waals surface area contributed by atoms with E-state index in [2.05, 4.69) is 10.3 Å². The molecule has 1 fully saturated rings. The molecule has 9 nitrogen and oxygen atoms in total. The first-order valence-electron chi connectivity index (χ1n) is 7.15. The molecule has 10 heteroatoms. The van der Waals surface area contributed by atoms with E-state index in [9.17, 15) is 14.4 Å². The first kappa shape index (κ1) is 19.0. The summed E-state index contributed by atoms with van der Waals surface area (Å²) in [5, 5.41) is 2.36. The summed E-state index contributed by atoms with van der Waals surface area (Å²) >= 11 is 5.94. The smallest absolute Gasteiger partial charge is 0.330 e. The van der Waals surface area contributed by atoms with Crippen molar-refractivity contribution in [2.24, 2.45) is 22.4 Å². The number of cyclic esters (lactones) is 1. The molecule has 1 amide bonds. The molecule has 1 saturated heterocycles. The van der Waals surface area contributed by atoms with Gasteiger partial charge in [0.2, 0.25) is 6.41 Å². The van der Waals surface area contributed by atoms with Crippen LogP contribution in [-0.2, 0) is 23.9 Å². The van der Waals surface area contributed by atoms with Crippen LogP contribution in [0, 0.1) is 5.92 Å². The van der Waals surface area contributed by atoms with Gasteiger partial charge in [-0.25, -0.2) is 4.79 Å². The Morgan fingerprint density at radius 1 is 1.57 bits per heavy atom. The predicted octanol–water partition coefficient (Wildman–Crippen LogP) is -0.786. The number of nitrogens with zero attached hydrogens (tertiary/aromatic N) is 1. The quantitative estimate of drug-likeness (QED) is 0.117. The topological polar surface area (TPSA) is 146 Å². The van der Waals surface area contributed by atoms with E-state index < -0.39 is 17.6 Å². The Bertz CT molecular complexity index is 469. The molecular weight excluding hydrogens is 328 g/mol. The molecule has 0 aliphatic carbocycles. The molecule has 130 valence electrons. The molecule has 1 rings (SSSR count). The van der Waals surface area contributed by atoms with E-state index in [0.29, 0.717) is 25.8 Å². The Hall–Kier alpha value is -2.03. The van der Waals surface area contributed by atoms with E-state index >= 15 is 0 Å². The summed E-state index contributed by atoms with van der Waals surface area (Å²) in [6, 6.07) is -0.843. The van der Waals surface area contributed by atoms with Crippen molar-refractivity contribution in [3.05, 3.63) is 0 Å². The minimum absolute atomic E-state index is 0.0440. The lowest BCUT2D eigenvalue weighted by atomic mass is 9.97. The van der Waals surface area contributed by atoms with Crippen LogP contribution in [0.15, 0.2) is 4.99 Å². The number of carbonyl (C=O) groups excluding carboxylic acids is 3. The molecule has 4 atom stereocenters. The van der Waals surface area contributed by atoms with Crippen LogP contribution in [0.25, 0.3) is 0 Å². The summed E-state index contributed by atoms with van der Waals surface area (Å²) in [6.45, 7) is 2.04. The van der Waals surface area contributed by atoms with Crippen molar-refractivity contribution in [2.75, 3.05) is 6.54 Å². The molecular formula is C13H21ClN4O5. The predicted molar refractivity (Wildman–Crippen MR) is 82.3 cm³/mol. The summed E-state index contributed by atoms with van der Waals surface area (Å²) in [6.07, 6.45) is 1.01. The zero-order chi connectivity index (χ0) is 17.4. The van der Waals surface area contributed by atoms with Gasteiger partial charge in [0, 0.05) is 13.0 Å². The standard InChI is InChI=1S/C13H21ClN4O5/c1-7-9(22-11(7)20)5-10(14)23-12(21)8(18-6-19)3-2-4-17-13(15)16/h6-10H,2-5H2,1H3,(H,18,19)(H4,15,16,17)/t7-,8-,9-,10+/m0/s1. The molecule has 23 heavy (non-hydrogen) atoms. The molecule has 0 bridgehead atoms. The van der Waals surface area contributed by atoms with Crippen LogP contribution in [-0.4, -0.2) is 48.6 Å². The summed E-state index contributed by atoms with van der Waals surface area (Å²) in [5.74, 6) is -1.28. The highest BCUT2D eigenvalue weighted by atomic mass is 35.5. The molecule has 0 aromatic heterocycles. The van der Waals surface area contributed by atoms with Gasteiger partial charge < -0.3 is 26.3 Å². The van der Waals surface area contributed by atoms with E-state index in [1.807, 2.05) is 0 Å². The number of esters is 2. The van der Waals surface area contributed by atoms with Crippen molar-refractivity contribution < 1.29 is 23.9 Å². The number of ether oxygens (including phenoxy) is 2. The molecule has 1 aliphatic rings. The van der Waals surface area contributed by atoms with Crippen LogP contribution in [0.3, 0.4) is 0 Å². The maximum absolute atomic E-state index is 12.0. The Morgan fingerprint density at radius 3 is 2.78 bits per heavy atom. The van der Waals surface area contributed by atoms with Crippen LogP contribution in [0.2, 0.25) is 0 Å². The maximum atomic E-state index is 12.0. The number of guanidine groups is 1. The van der Waals surface area contributed by atoms with Gasteiger partial charge in [0.25, 0.3) is 0 Å². The van der Waals surface area contributed by atoms with Crippen molar-refractivity contribution >= 4 is 35.9 Å². The van der Waals surface area contributed by atoms with E-state index in [1.54, 1.807) is 6.92 Å². The number of nitrogens with two attached hydrogens (primary N) is 2. The second-order valence-corrected chi connectivity index (χ2v) is 5.62. The van der Waals surface area contributed by atoms with Crippen LogP contribution >= 0.6 is 11.6 Å². The number of carbonyl (C=O) groups is 3. The van der Waals surface area contributed by atoms with Gasteiger partial charge in [0.05, 0.1) is 5.92 Å². The minimum Gasteiger partial charge on any atom is -0.461 e. The summed E-state index contributed by atoms with van der Waals surface area (Å²) in [7, 11) is 0. The van der Waals surface area contributed by atoms with Gasteiger partial charge in [-0.3, -0.25) is 14.6 Å². The van der Waals surface area contributed by atoms with Gasteiger partial charge in [-0.05, 0) is 19.8 Å². The number of alkyl halides is 1.